The minimum Gasteiger partial charge on any atom is -0.469 e. The van der Waals surface area contributed by atoms with Gasteiger partial charge in [-0.2, -0.15) is 0 Å². The molecule has 1 amide bonds. The third kappa shape index (κ3) is 4.54. The van der Waals surface area contributed by atoms with E-state index in [1.807, 2.05) is 0 Å². The van der Waals surface area contributed by atoms with Gasteiger partial charge in [0.05, 0.1) is 28.1 Å². The molecular weight excluding hydrogens is 438 g/mol. The van der Waals surface area contributed by atoms with Crippen molar-refractivity contribution in [3.05, 3.63) is 54.1 Å². The maximum Gasteiger partial charge on any atom is 0.308 e. The average molecular weight is 460 g/mol. The summed E-state index contributed by atoms with van der Waals surface area (Å²) >= 11 is 1.17. The van der Waals surface area contributed by atoms with Gasteiger partial charge in [-0.3, -0.25) is 14.3 Å². The van der Waals surface area contributed by atoms with Crippen molar-refractivity contribution in [1.29, 1.82) is 0 Å². The second-order valence-electron chi connectivity index (χ2n) is 7.21. The molecule has 1 saturated heterocycles. The SMILES string of the molecule is COC(=O)C1CCN(C(=O)c2ccc3nc(NS(=O)(=O)c4ccccc4)sc3c2)CC1. The van der Waals surface area contributed by atoms with Crippen LogP contribution in [0.25, 0.3) is 10.2 Å². The van der Waals surface area contributed by atoms with Crippen LogP contribution in [0, 0.1) is 5.92 Å². The second kappa shape index (κ2) is 8.64. The third-order valence-corrected chi connectivity index (χ3v) is 7.64. The first-order valence-corrected chi connectivity index (χ1v) is 12.0. The highest BCUT2D eigenvalue weighted by atomic mass is 32.2. The lowest BCUT2D eigenvalue weighted by molar-refractivity contribution is -0.146. The fourth-order valence-electron chi connectivity index (χ4n) is 3.54. The fourth-order valence-corrected chi connectivity index (χ4v) is 5.70. The number of likely N-dealkylation sites (tertiary alicyclic amines) is 1. The van der Waals surface area contributed by atoms with Crippen LogP contribution in [0.15, 0.2) is 53.4 Å². The first kappa shape index (κ1) is 21.3. The van der Waals surface area contributed by atoms with E-state index in [9.17, 15) is 18.0 Å². The Morgan fingerprint density at radius 1 is 1.13 bits per heavy atom. The Morgan fingerprint density at radius 3 is 2.52 bits per heavy atom. The van der Waals surface area contributed by atoms with Crippen molar-refractivity contribution in [2.75, 3.05) is 24.9 Å². The molecule has 4 rings (SSSR count). The summed E-state index contributed by atoms with van der Waals surface area (Å²) in [6.07, 6.45) is 1.15. The molecule has 0 aliphatic carbocycles. The van der Waals surface area contributed by atoms with Crippen LogP contribution in [0.5, 0.6) is 0 Å². The van der Waals surface area contributed by atoms with Crippen molar-refractivity contribution >= 4 is 48.6 Å². The van der Waals surface area contributed by atoms with E-state index in [0.29, 0.717) is 41.7 Å². The van der Waals surface area contributed by atoms with E-state index < -0.39 is 10.0 Å². The van der Waals surface area contributed by atoms with Gasteiger partial charge < -0.3 is 9.64 Å². The number of ether oxygens (including phenoxy) is 1. The molecular formula is C21H21N3O5S2. The maximum absolute atomic E-state index is 12.9. The summed E-state index contributed by atoms with van der Waals surface area (Å²) in [4.78, 5) is 30.8. The Labute approximate surface area is 183 Å². The van der Waals surface area contributed by atoms with Gasteiger partial charge in [0.15, 0.2) is 5.13 Å². The molecule has 8 nitrogen and oxygen atoms in total. The van der Waals surface area contributed by atoms with E-state index in [1.54, 1.807) is 41.3 Å². The molecule has 3 aromatic rings. The molecule has 1 aliphatic rings. The number of methoxy groups -OCH3 is 1. The van der Waals surface area contributed by atoms with Crippen LogP contribution < -0.4 is 4.72 Å². The lowest BCUT2D eigenvalue weighted by Crippen LogP contribution is -2.40. The molecule has 0 saturated carbocycles. The number of rotatable bonds is 5. The monoisotopic (exact) mass is 459 g/mol. The van der Waals surface area contributed by atoms with Gasteiger partial charge in [-0.1, -0.05) is 29.5 Å². The molecule has 1 aromatic heterocycles. The Morgan fingerprint density at radius 2 is 1.84 bits per heavy atom. The average Bonchev–Trinajstić information content (AvgIpc) is 3.19. The highest BCUT2D eigenvalue weighted by molar-refractivity contribution is 7.93. The lowest BCUT2D eigenvalue weighted by Gasteiger charge is -2.30. The molecule has 0 bridgehead atoms. The van der Waals surface area contributed by atoms with E-state index in [0.717, 1.165) is 0 Å². The van der Waals surface area contributed by atoms with Crippen LogP contribution in [0.2, 0.25) is 0 Å². The molecule has 1 fully saturated rings. The van der Waals surface area contributed by atoms with E-state index in [-0.39, 0.29) is 27.8 Å². The molecule has 1 N–H and O–H groups in total. The van der Waals surface area contributed by atoms with Crippen LogP contribution in [-0.2, 0) is 19.6 Å². The molecule has 2 heterocycles. The van der Waals surface area contributed by atoms with Crippen molar-refractivity contribution in [2.24, 2.45) is 5.92 Å². The normalized spacial score (nSPS) is 15.1. The number of piperidine rings is 1. The zero-order valence-electron chi connectivity index (χ0n) is 16.8. The van der Waals surface area contributed by atoms with Crippen molar-refractivity contribution < 1.29 is 22.7 Å². The summed E-state index contributed by atoms with van der Waals surface area (Å²) in [5.74, 6) is -0.521. The number of fused-ring (bicyclic) bond motifs is 1. The van der Waals surface area contributed by atoms with Crippen molar-refractivity contribution in [3.8, 4) is 0 Å². The van der Waals surface area contributed by atoms with Crippen LogP contribution in [0.1, 0.15) is 23.2 Å². The highest BCUT2D eigenvalue weighted by Gasteiger charge is 2.28. The number of thiazole rings is 1. The zero-order valence-corrected chi connectivity index (χ0v) is 18.4. The number of benzene rings is 2. The number of carbonyl (C=O) groups is 2. The molecule has 0 unspecified atom stereocenters. The number of sulfonamides is 1. The Hall–Kier alpha value is -2.98. The number of carbonyl (C=O) groups excluding carboxylic acids is 2. The van der Waals surface area contributed by atoms with Crippen LogP contribution in [-0.4, -0.2) is 50.4 Å². The van der Waals surface area contributed by atoms with Gasteiger partial charge in [0.2, 0.25) is 0 Å². The van der Waals surface area contributed by atoms with Gasteiger partial charge in [-0.15, -0.1) is 0 Å². The van der Waals surface area contributed by atoms with Crippen LogP contribution >= 0.6 is 11.3 Å². The number of esters is 1. The first-order valence-electron chi connectivity index (χ1n) is 9.73. The number of aromatic nitrogens is 1. The Bertz CT molecular complexity index is 1220. The standard InChI is InChI=1S/C21H21N3O5S2/c1-29-20(26)14-9-11-24(12-10-14)19(25)15-7-8-17-18(13-15)30-21(22-17)23-31(27,28)16-5-3-2-4-6-16/h2-8,13-14H,9-12H2,1H3,(H,22,23). The minimum absolute atomic E-state index is 0.120. The topological polar surface area (TPSA) is 106 Å². The third-order valence-electron chi connectivity index (χ3n) is 5.23. The lowest BCUT2D eigenvalue weighted by atomic mass is 9.96. The molecule has 0 spiro atoms. The maximum atomic E-state index is 12.9. The van der Waals surface area contributed by atoms with Gasteiger partial charge in [-0.05, 0) is 43.2 Å². The van der Waals surface area contributed by atoms with Crippen LogP contribution in [0.4, 0.5) is 5.13 Å². The number of amides is 1. The number of anilines is 1. The number of hydrogen-bond acceptors (Lipinski definition) is 7. The van der Waals surface area contributed by atoms with E-state index in [1.165, 1.54) is 30.6 Å². The van der Waals surface area contributed by atoms with Crippen molar-refractivity contribution in [1.82, 2.24) is 9.88 Å². The fraction of sp³-hybridized carbons (Fsp3) is 0.286. The van der Waals surface area contributed by atoms with Gasteiger partial charge >= 0.3 is 5.97 Å². The summed E-state index contributed by atoms with van der Waals surface area (Å²) in [6.45, 7) is 0.975. The molecule has 10 heteroatoms. The Balaban J connectivity index is 1.49. The first-order chi connectivity index (χ1) is 14.9. The van der Waals surface area contributed by atoms with Gasteiger partial charge in [0, 0.05) is 18.7 Å². The predicted molar refractivity (Wildman–Crippen MR) is 118 cm³/mol. The summed E-state index contributed by atoms with van der Waals surface area (Å²) < 4.78 is 33.0. The zero-order chi connectivity index (χ0) is 22.0. The smallest absolute Gasteiger partial charge is 0.308 e. The highest BCUT2D eigenvalue weighted by Crippen LogP contribution is 2.29. The quantitative estimate of drug-likeness (QED) is 0.588. The largest absolute Gasteiger partial charge is 0.469 e. The van der Waals surface area contributed by atoms with Crippen molar-refractivity contribution in [2.45, 2.75) is 17.7 Å². The van der Waals surface area contributed by atoms with E-state index >= 15 is 0 Å². The number of nitrogens with one attached hydrogen (secondary N) is 1. The summed E-state index contributed by atoms with van der Waals surface area (Å²) in [5.41, 5.74) is 1.11. The van der Waals surface area contributed by atoms with E-state index in [2.05, 4.69) is 9.71 Å². The molecule has 162 valence electrons. The molecule has 1 aliphatic heterocycles. The van der Waals surface area contributed by atoms with Crippen LogP contribution in [0.3, 0.4) is 0 Å². The molecule has 2 aromatic carbocycles. The molecule has 0 radical (unpaired) electrons. The summed E-state index contributed by atoms with van der Waals surface area (Å²) in [7, 11) is -2.36. The number of hydrogen-bond donors (Lipinski definition) is 1. The second-order valence-corrected chi connectivity index (χ2v) is 9.92. The summed E-state index contributed by atoms with van der Waals surface area (Å²) in [6, 6.07) is 13.2. The summed E-state index contributed by atoms with van der Waals surface area (Å²) in [5, 5.41) is 0.238. The minimum atomic E-state index is -3.73. The van der Waals surface area contributed by atoms with E-state index in [4.69, 9.17) is 4.74 Å². The van der Waals surface area contributed by atoms with Gasteiger partial charge in [0.25, 0.3) is 15.9 Å². The predicted octanol–water partition coefficient (Wildman–Crippen LogP) is 3.12. The molecule has 31 heavy (non-hydrogen) atoms. The van der Waals surface area contributed by atoms with Gasteiger partial charge in [0.1, 0.15) is 0 Å². The Kier molecular flexibility index (Phi) is 5.92. The van der Waals surface area contributed by atoms with Crippen molar-refractivity contribution in [3.63, 3.8) is 0 Å². The molecule has 0 atom stereocenters. The van der Waals surface area contributed by atoms with Gasteiger partial charge in [-0.25, -0.2) is 13.4 Å². The number of nitrogens with zero attached hydrogens (tertiary/aromatic N) is 2.